The molecule has 7 heteroatoms. The molecule has 0 N–H and O–H groups in total. The number of anilines is 1. The van der Waals surface area contributed by atoms with Crippen LogP contribution in [0.1, 0.15) is 30.9 Å². The second-order valence-corrected chi connectivity index (χ2v) is 8.45. The molecule has 0 aromatic heterocycles. The lowest BCUT2D eigenvalue weighted by atomic mass is 10.2. The van der Waals surface area contributed by atoms with Crippen LogP contribution < -0.4 is 9.64 Å². The number of ether oxygens (including phenoxy) is 1. The summed E-state index contributed by atoms with van der Waals surface area (Å²) in [7, 11) is 5.66. The first-order valence-corrected chi connectivity index (χ1v) is 10.9. The summed E-state index contributed by atoms with van der Waals surface area (Å²) in [5, 5.41) is 9.20. The minimum absolute atomic E-state index is 0.0958. The van der Waals surface area contributed by atoms with Crippen LogP contribution in [0.2, 0.25) is 0 Å². The van der Waals surface area contributed by atoms with E-state index in [2.05, 4.69) is 17.1 Å². The molecular weight excluding hydrogens is 396 g/mol. The molecule has 158 valence electrons. The van der Waals surface area contributed by atoms with Crippen molar-refractivity contribution >= 4 is 34.7 Å². The van der Waals surface area contributed by atoms with Gasteiger partial charge < -0.3 is 9.64 Å². The number of amides is 1. The van der Waals surface area contributed by atoms with E-state index in [9.17, 15) is 4.79 Å². The Hall–Kier alpha value is -2.80. The topological polar surface area (TPSA) is 57.5 Å². The van der Waals surface area contributed by atoms with E-state index in [4.69, 9.17) is 4.74 Å². The quantitative estimate of drug-likeness (QED) is 0.466. The maximum absolute atomic E-state index is 12.9. The van der Waals surface area contributed by atoms with Crippen molar-refractivity contribution in [2.45, 2.75) is 31.6 Å². The smallest absolute Gasteiger partial charge is 0.242 e. The number of thioether (sulfide) groups is 1. The third kappa shape index (κ3) is 5.42. The summed E-state index contributed by atoms with van der Waals surface area (Å²) in [6.07, 6.45) is 3.50. The Morgan fingerprint density at radius 3 is 2.43 bits per heavy atom. The highest BCUT2D eigenvalue weighted by atomic mass is 32.2. The number of carbonyl (C=O) groups is 1. The second kappa shape index (κ2) is 10.3. The van der Waals surface area contributed by atoms with Gasteiger partial charge in [-0.1, -0.05) is 49.4 Å². The van der Waals surface area contributed by atoms with Crippen LogP contribution >= 0.6 is 11.8 Å². The van der Waals surface area contributed by atoms with Crippen LogP contribution in [-0.2, 0) is 11.3 Å². The first-order valence-electron chi connectivity index (χ1n) is 10.0. The maximum Gasteiger partial charge on any atom is 0.242 e. The number of nitrogens with zero attached hydrogens (tertiary/aromatic N) is 4. The van der Waals surface area contributed by atoms with Gasteiger partial charge in [0.1, 0.15) is 5.75 Å². The molecule has 1 fully saturated rings. The van der Waals surface area contributed by atoms with Gasteiger partial charge in [-0.25, -0.2) is 0 Å². The molecule has 6 nitrogen and oxygen atoms in total. The first kappa shape index (κ1) is 21.9. The molecule has 1 atom stereocenters. The van der Waals surface area contributed by atoms with Crippen LogP contribution in [-0.4, -0.2) is 48.6 Å². The molecule has 1 amide bonds. The molecule has 1 saturated heterocycles. The van der Waals surface area contributed by atoms with Crippen molar-refractivity contribution < 1.29 is 9.53 Å². The Bertz CT molecular complexity index is 908. The van der Waals surface area contributed by atoms with Crippen LogP contribution in [0.4, 0.5) is 5.69 Å². The summed E-state index contributed by atoms with van der Waals surface area (Å²) < 4.78 is 5.22. The van der Waals surface area contributed by atoms with Crippen LogP contribution in [0.5, 0.6) is 5.75 Å². The number of hydrogen-bond acceptors (Lipinski definition) is 6. The Morgan fingerprint density at radius 1 is 1.13 bits per heavy atom. The minimum atomic E-state index is -0.0958. The molecule has 0 unspecified atom stereocenters. The average molecular weight is 425 g/mol. The number of amidine groups is 1. The molecule has 2 aromatic rings. The van der Waals surface area contributed by atoms with Crippen molar-refractivity contribution in [2.75, 3.05) is 26.1 Å². The summed E-state index contributed by atoms with van der Waals surface area (Å²) in [6, 6.07) is 15.8. The zero-order valence-corrected chi connectivity index (χ0v) is 18.7. The molecule has 0 bridgehead atoms. The van der Waals surface area contributed by atoms with Gasteiger partial charge in [0.25, 0.3) is 0 Å². The van der Waals surface area contributed by atoms with E-state index in [1.807, 2.05) is 67.5 Å². The fraction of sp³-hybridized carbons (Fsp3) is 0.348. The van der Waals surface area contributed by atoms with Gasteiger partial charge >= 0.3 is 0 Å². The van der Waals surface area contributed by atoms with Gasteiger partial charge in [-0.15, -0.1) is 5.10 Å². The minimum Gasteiger partial charge on any atom is -0.497 e. The van der Waals surface area contributed by atoms with Crippen LogP contribution in [0.3, 0.4) is 0 Å². The molecule has 30 heavy (non-hydrogen) atoms. The summed E-state index contributed by atoms with van der Waals surface area (Å²) in [5.74, 6) is 0.894. The predicted molar refractivity (Wildman–Crippen MR) is 126 cm³/mol. The Kier molecular flexibility index (Phi) is 7.52. The molecule has 2 aromatic carbocycles. The lowest BCUT2D eigenvalue weighted by Gasteiger charge is -2.16. The molecule has 0 saturated carbocycles. The van der Waals surface area contributed by atoms with E-state index >= 15 is 0 Å². The number of rotatable bonds is 8. The van der Waals surface area contributed by atoms with Gasteiger partial charge in [-0.2, -0.15) is 5.10 Å². The highest BCUT2D eigenvalue weighted by Crippen LogP contribution is 2.32. The van der Waals surface area contributed by atoms with E-state index < -0.39 is 0 Å². The van der Waals surface area contributed by atoms with Crippen molar-refractivity contribution in [1.29, 1.82) is 0 Å². The molecule has 1 aliphatic heterocycles. The predicted octanol–water partition coefficient (Wildman–Crippen LogP) is 4.40. The Morgan fingerprint density at radius 2 is 1.83 bits per heavy atom. The molecule has 1 aliphatic rings. The molecule has 0 radical (unpaired) electrons. The van der Waals surface area contributed by atoms with Gasteiger partial charge in [0.15, 0.2) is 5.17 Å². The number of methoxy groups -OCH3 is 1. The SMILES string of the molecule is CCC[C@@H]1S/C(=N/N=C\c2ccc(N(C)C)cc2)N(Cc2ccc(OC)cc2)C1=O. The van der Waals surface area contributed by atoms with Gasteiger partial charge in [0, 0.05) is 19.8 Å². The maximum atomic E-state index is 12.9. The molecule has 0 spiro atoms. The monoisotopic (exact) mass is 424 g/mol. The zero-order valence-electron chi connectivity index (χ0n) is 17.9. The van der Waals surface area contributed by atoms with Crippen LogP contribution in [0.15, 0.2) is 58.7 Å². The normalized spacial score (nSPS) is 17.9. The molecule has 1 heterocycles. The highest BCUT2D eigenvalue weighted by molar-refractivity contribution is 8.15. The number of carbonyl (C=O) groups excluding carboxylic acids is 1. The van der Waals surface area contributed by atoms with E-state index in [0.717, 1.165) is 35.4 Å². The molecular formula is C23H28N4O2S. The van der Waals surface area contributed by atoms with Gasteiger partial charge in [0.05, 0.1) is 25.1 Å². The highest BCUT2D eigenvalue weighted by Gasteiger charge is 2.37. The Labute approximate surface area is 182 Å². The fourth-order valence-electron chi connectivity index (χ4n) is 3.09. The van der Waals surface area contributed by atoms with Crippen molar-refractivity contribution in [3.8, 4) is 5.75 Å². The summed E-state index contributed by atoms with van der Waals surface area (Å²) in [5.41, 5.74) is 3.12. The van der Waals surface area contributed by atoms with Crippen LogP contribution in [0.25, 0.3) is 0 Å². The summed E-state index contributed by atoms with van der Waals surface area (Å²) in [6.45, 7) is 2.56. The van der Waals surface area contributed by atoms with E-state index in [1.54, 1.807) is 18.2 Å². The Balaban J connectivity index is 1.76. The van der Waals surface area contributed by atoms with Gasteiger partial charge in [-0.3, -0.25) is 9.69 Å². The van der Waals surface area contributed by atoms with Crippen molar-refractivity contribution in [3.05, 3.63) is 59.7 Å². The standard InChI is InChI=1S/C23H28N4O2S/c1-5-6-21-22(28)27(16-18-9-13-20(29-4)14-10-18)23(30-21)25-24-15-17-7-11-19(12-8-17)26(2)3/h7-15,21H,5-6,16H2,1-4H3/b24-15-,25-23+/t21-/m0/s1. The molecule has 0 aliphatic carbocycles. The fourth-order valence-corrected chi connectivity index (χ4v) is 4.31. The lowest BCUT2D eigenvalue weighted by Crippen LogP contribution is -2.31. The average Bonchev–Trinajstić information content (AvgIpc) is 3.04. The number of benzene rings is 2. The van der Waals surface area contributed by atoms with Gasteiger partial charge in [0.2, 0.25) is 5.91 Å². The third-order valence-electron chi connectivity index (χ3n) is 4.83. The lowest BCUT2D eigenvalue weighted by molar-refractivity contribution is -0.126. The van der Waals surface area contributed by atoms with Crippen molar-refractivity contribution in [3.63, 3.8) is 0 Å². The van der Waals surface area contributed by atoms with Crippen LogP contribution in [0, 0.1) is 0 Å². The van der Waals surface area contributed by atoms with Crippen molar-refractivity contribution in [2.24, 2.45) is 10.2 Å². The largest absolute Gasteiger partial charge is 0.497 e. The molecule has 3 rings (SSSR count). The van der Waals surface area contributed by atoms with E-state index in [0.29, 0.717) is 11.7 Å². The first-order chi connectivity index (χ1) is 14.5. The number of hydrogen-bond donors (Lipinski definition) is 0. The summed E-state index contributed by atoms with van der Waals surface area (Å²) in [4.78, 5) is 16.7. The van der Waals surface area contributed by atoms with Crippen molar-refractivity contribution in [1.82, 2.24) is 4.90 Å². The summed E-state index contributed by atoms with van der Waals surface area (Å²) >= 11 is 1.50. The second-order valence-electron chi connectivity index (χ2n) is 7.28. The third-order valence-corrected chi connectivity index (χ3v) is 6.06. The van der Waals surface area contributed by atoms with E-state index in [-0.39, 0.29) is 11.2 Å². The van der Waals surface area contributed by atoms with Gasteiger partial charge in [-0.05, 0) is 41.8 Å². The zero-order chi connectivity index (χ0) is 21.5. The van der Waals surface area contributed by atoms with E-state index in [1.165, 1.54) is 11.8 Å².